The fourth-order valence-corrected chi connectivity index (χ4v) is 3.17. The summed E-state index contributed by atoms with van der Waals surface area (Å²) in [6.45, 7) is 6.03. The summed E-state index contributed by atoms with van der Waals surface area (Å²) < 4.78 is 26.7. The van der Waals surface area contributed by atoms with Crippen LogP contribution in [-0.4, -0.2) is 5.11 Å². The molecule has 1 aliphatic carbocycles. The van der Waals surface area contributed by atoms with Crippen LogP contribution in [0.15, 0.2) is 18.2 Å². The Kier molecular flexibility index (Phi) is 2.77. The van der Waals surface area contributed by atoms with Crippen molar-refractivity contribution < 1.29 is 13.9 Å². The highest BCUT2D eigenvalue weighted by Gasteiger charge is 2.49. The van der Waals surface area contributed by atoms with Gasteiger partial charge in [0.25, 0.3) is 0 Å². The van der Waals surface area contributed by atoms with E-state index < -0.39 is 17.2 Å². The predicted octanol–water partition coefficient (Wildman–Crippen LogP) is 3.61. The first kappa shape index (κ1) is 12.5. The maximum atomic E-state index is 13.8. The van der Waals surface area contributed by atoms with E-state index in [1.165, 1.54) is 12.1 Å². The van der Waals surface area contributed by atoms with Gasteiger partial charge in [0.2, 0.25) is 0 Å². The van der Waals surface area contributed by atoms with E-state index in [0.29, 0.717) is 6.42 Å². The molecule has 1 N–H and O–H groups in total. The minimum absolute atomic E-state index is 0.0189. The molecule has 1 aromatic rings. The minimum Gasteiger partial charge on any atom is -0.385 e. The fourth-order valence-electron chi connectivity index (χ4n) is 3.17. The standard InChI is InChI=1S/C14H18F2O/c1-9-7-13(2,3)8-14(9,17)11-5-4-10(15)6-12(11)16/h4-6,9,17H,7-8H2,1-3H3. The molecule has 0 bridgehead atoms. The maximum absolute atomic E-state index is 13.8. The van der Waals surface area contributed by atoms with Gasteiger partial charge in [-0.2, -0.15) is 0 Å². The van der Waals surface area contributed by atoms with Crippen LogP contribution in [0.4, 0.5) is 8.78 Å². The predicted molar refractivity (Wildman–Crippen MR) is 62.4 cm³/mol. The third-order valence-corrected chi connectivity index (χ3v) is 3.82. The second-order valence-corrected chi connectivity index (χ2v) is 5.99. The Morgan fingerprint density at radius 2 is 1.94 bits per heavy atom. The monoisotopic (exact) mass is 240 g/mol. The number of hydrogen-bond donors (Lipinski definition) is 1. The molecule has 1 saturated carbocycles. The van der Waals surface area contributed by atoms with Gasteiger partial charge in [-0.3, -0.25) is 0 Å². The zero-order chi connectivity index (χ0) is 12.8. The van der Waals surface area contributed by atoms with Crippen molar-refractivity contribution in [3.8, 4) is 0 Å². The van der Waals surface area contributed by atoms with E-state index in [0.717, 1.165) is 12.5 Å². The summed E-state index contributed by atoms with van der Waals surface area (Å²) in [6.07, 6.45) is 1.34. The minimum atomic E-state index is -1.18. The molecule has 0 aliphatic heterocycles. The van der Waals surface area contributed by atoms with E-state index in [2.05, 4.69) is 13.8 Å². The number of hydrogen-bond acceptors (Lipinski definition) is 1. The van der Waals surface area contributed by atoms with Crippen LogP contribution in [0.2, 0.25) is 0 Å². The second kappa shape index (κ2) is 3.77. The van der Waals surface area contributed by atoms with Crippen LogP contribution in [0.1, 0.15) is 39.2 Å². The molecule has 2 atom stereocenters. The molecule has 0 aromatic heterocycles. The summed E-state index contributed by atoms with van der Waals surface area (Å²) >= 11 is 0. The lowest BCUT2D eigenvalue weighted by atomic mass is 9.83. The number of halogens is 2. The molecule has 1 nitrogen and oxygen atoms in total. The van der Waals surface area contributed by atoms with E-state index in [1.54, 1.807) is 0 Å². The third kappa shape index (κ3) is 2.08. The van der Waals surface area contributed by atoms with Crippen LogP contribution < -0.4 is 0 Å². The maximum Gasteiger partial charge on any atom is 0.132 e. The van der Waals surface area contributed by atoms with Gasteiger partial charge in [0.1, 0.15) is 11.6 Å². The molecule has 2 unspecified atom stereocenters. The van der Waals surface area contributed by atoms with Crippen LogP contribution in [0, 0.1) is 23.0 Å². The summed E-state index contributed by atoms with van der Waals surface area (Å²) in [6, 6.07) is 3.41. The lowest BCUT2D eigenvalue weighted by Crippen LogP contribution is -2.30. The van der Waals surface area contributed by atoms with Crippen molar-refractivity contribution in [3.63, 3.8) is 0 Å². The summed E-state index contributed by atoms with van der Waals surface area (Å²) in [4.78, 5) is 0. The molecule has 3 heteroatoms. The average molecular weight is 240 g/mol. The molecule has 0 spiro atoms. The van der Waals surface area contributed by atoms with Gasteiger partial charge in [0.05, 0.1) is 5.60 Å². The van der Waals surface area contributed by atoms with E-state index in [1.807, 2.05) is 6.92 Å². The molecule has 2 rings (SSSR count). The number of rotatable bonds is 1. The normalized spacial score (nSPS) is 31.8. The molecule has 0 heterocycles. The topological polar surface area (TPSA) is 20.2 Å². The van der Waals surface area contributed by atoms with E-state index >= 15 is 0 Å². The van der Waals surface area contributed by atoms with E-state index in [-0.39, 0.29) is 16.9 Å². The Morgan fingerprint density at radius 3 is 2.41 bits per heavy atom. The van der Waals surface area contributed by atoms with Gasteiger partial charge in [-0.05, 0) is 30.2 Å². The Bertz CT molecular complexity index is 442. The van der Waals surface area contributed by atoms with Crippen LogP contribution in [0.5, 0.6) is 0 Å². The lowest BCUT2D eigenvalue weighted by molar-refractivity contribution is -0.00414. The van der Waals surface area contributed by atoms with Gasteiger partial charge in [0.15, 0.2) is 0 Å². The summed E-state index contributed by atoms with van der Waals surface area (Å²) in [7, 11) is 0. The molecule has 1 aliphatic rings. The third-order valence-electron chi connectivity index (χ3n) is 3.82. The smallest absolute Gasteiger partial charge is 0.132 e. The molecule has 0 amide bonds. The van der Waals surface area contributed by atoms with Crippen molar-refractivity contribution >= 4 is 0 Å². The zero-order valence-corrected chi connectivity index (χ0v) is 10.4. The Labute approximate surface area is 100 Å². The molecule has 0 saturated heterocycles. The summed E-state index contributed by atoms with van der Waals surface area (Å²) in [5.74, 6) is -1.30. The summed E-state index contributed by atoms with van der Waals surface area (Å²) in [5.41, 5.74) is -0.979. The summed E-state index contributed by atoms with van der Waals surface area (Å²) in [5, 5.41) is 10.7. The first-order valence-electron chi connectivity index (χ1n) is 5.92. The number of benzene rings is 1. The largest absolute Gasteiger partial charge is 0.385 e. The van der Waals surface area contributed by atoms with Crippen LogP contribution in [0.3, 0.4) is 0 Å². The molecule has 1 fully saturated rings. The zero-order valence-electron chi connectivity index (χ0n) is 10.4. The van der Waals surface area contributed by atoms with Crippen molar-refractivity contribution in [2.24, 2.45) is 11.3 Å². The fraction of sp³-hybridized carbons (Fsp3) is 0.571. The van der Waals surface area contributed by atoms with Crippen LogP contribution >= 0.6 is 0 Å². The van der Waals surface area contributed by atoms with Gasteiger partial charge >= 0.3 is 0 Å². The van der Waals surface area contributed by atoms with Gasteiger partial charge in [-0.15, -0.1) is 0 Å². The van der Waals surface area contributed by atoms with Crippen molar-refractivity contribution in [1.82, 2.24) is 0 Å². The molecule has 1 aromatic carbocycles. The van der Waals surface area contributed by atoms with Crippen LogP contribution in [-0.2, 0) is 5.60 Å². The highest BCUT2D eigenvalue weighted by Crippen LogP contribution is 2.52. The molecular formula is C14H18F2O. The molecular weight excluding hydrogens is 222 g/mol. The first-order chi connectivity index (χ1) is 7.74. The highest BCUT2D eigenvalue weighted by molar-refractivity contribution is 5.28. The van der Waals surface area contributed by atoms with Gasteiger partial charge in [-0.25, -0.2) is 8.78 Å². The van der Waals surface area contributed by atoms with Gasteiger partial charge in [-0.1, -0.05) is 26.8 Å². The number of aliphatic hydroxyl groups is 1. The molecule has 94 valence electrons. The average Bonchev–Trinajstić information content (AvgIpc) is 2.35. The SMILES string of the molecule is CC1CC(C)(C)CC1(O)c1ccc(F)cc1F. The lowest BCUT2D eigenvalue weighted by Gasteiger charge is -2.29. The molecule has 17 heavy (non-hydrogen) atoms. The van der Waals surface area contributed by atoms with Crippen LogP contribution in [0.25, 0.3) is 0 Å². The van der Waals surface area contributed by atoms with Crippen molar-refractivity contribution in [3.05, 3.63) is 35.4 Å². The second-order valence-electron chi connectivity index (χ2n) is 5.99. The quantitative estimate of drug-likeness (QED) is 0.795. The molecule has 0 radical (unpaired) electrons. The first-order valence-corrected chi connectivity index (χ1v) is 5.92. The Morgan fingerprint density at radius 1 is 1.29 bits per heavy atom. The van der Waals surface area contributed by atoms with Crippen molar-refractivity contribution in [2.45, 2.75) is 39.2 Å². The van der Waals surface area contributed by atoms with Crippen molar-refractivity contribution in [2.75, 3.05) is 0 Å². The van der Waals surface area contributed by atoms with Gasteiger partial charge < -0.3 is 5.11 Å². The van der Waals surface area contributed by atoms with E-state index in [4.69, 9.17) is 0 Å². The highest BCUT2D eigenvalue weighted by atomic mass is 19.1. The van der Waals surface area contributed by atoms with Gasteiger partial charge in [0, 0.05) is 11.6 Å². The Hall–Kier alpha value is -0.960. The van der Waals surface area contributed by atoms with E-state index in [9.17, 15) is 13.9 Å². The Balaban J connectivity index is 2.45. The van der Waals surface area contributed by atoms with Crippen molar-refractivity contribution in [1.29, 1.82) is 0 Å².